The monoisotopic (exact) mass is 677 g/mol. The maximum atomic E-state index is 13.4. The Hall–Kier alpha value is -4.56. The molecule has 0 aromatic heterocycles. The number of ether oxygens (including phenoxy) is 6. The van der Waals surface area contributed by atoms with E-state index in [0.29, 0.717) is 10.6 Å². The summed E-state index contributed by atoms with van der Waals surface area (Å²) in [5.74, 6) is -0.932. The molecule has 1 aromatic rings. The lowest BCUT2D eigenvalue weighted by Crippen LogP contribution is -2.45. The highest BCUT2D eigenvalue weighted by molar-refractivity contribution is 6.08. The summed E-state index contributed by atoms with van der Waals surface area (Å²) in [5.41, 5.74) is -1.90. The van der Waals surface area contributed by atoms with Crippen molar-refractivity contribution in [2.75, 3.05) is 26.7 Å². The minimum atomic E-state index is -1.19. The molecule has 2 saturated heterocycles. The van der Waals surface area contributed by atoms with Gasteiger partial charge < -0.3 is 28.4 Å². The van der Waals surface area contributed by atoms with Gasteiger partial charge in [-0.2, -0.15) is 0 Å². The molecule has 3 rings (SSSR count). The maximum Gasteiger partial charge on any atom is 0.509 e. The topological polar surface area (TPSA) is 168 Å². The largest absolute Gasteiger partial charge is 0.509 e. The van der Waals surface area contributed by atoms with E-state index in [1.165, 1.54) is 12.0 Å². The lowest BCUT2D eigenvalue weighted by atomic mass is 10.0. The molecule has 0 N–H and O–H groups in total. The van der Waals surface area contributed by atoms with Crippen LogP contribution in [0.3, 0.4) is 0 Å². The Morgan fingerprint density at radius 1 is 0.792 bits per heavy atom. The average Bonchev–Trinajstić information content (AvgIpc) is 3.40. The van der Waals surface area contributed by atoms with Gasteiger partial charge in [0.1, 0.15) is 29.1 Å². The summed E-state index contributed by atoms with van der Waals surface area (Å²) < 4.78 is 32.9. The standard InChI is InChI=1S/C33H47N3O12/c1-31(2,3)46-28(40)35-18-23(44-30(42)48-33(7,8)9)26(22(35)17-20-11-13-21(43-10)14-12-20)45-25(38)15-16-34-24(37)19-36(27(34)39)29(41)47-32(4,5)6/h11-14,22-23,26H,15-19H2,1-10H3/t22-,23+,26+/m1/s1. The normalized spacial score (nSPS) is 20.0. The van der Waals surface area contributed by atoms with Gasteiger partial charge in [-0.3, -0.25) is 19.4 Å². The summed E-state index contributed by atoms with van der Waals surface area (Å²) in [5, 5.41) is 0. The highest BCUT2D eigenvalue weighted by Crippen LogP contribution is 2.31. The van der Waals surface area contributed by atoms with Crippen molar-refractivity contribution >= 4 is 36.2 Å². The molecule has 3 atom stereocenters. The number of likely N-dealkylation sites (tertiary alicyclic amines) is 1. The predicted octanol–water partition coefficient (Wildman–Crippen LogP) is 4.68. The molecule has 0 saturated carbocycles. The number of esters is 1. The van der Waals surface area contributed by atoms with Gasteiger partial charge in [-0.05, 0) is 86.4 Å². The van der Waals surface area contributed by atoms with Gasteiger partial charge in [-0.1, -0.05) is 12.1 Å². The minimum Gasteiger partial charge on any atom is -0.497 e. The summed E-state index contributed by atoms with van der Waals surface area (Å²) in [6.07, 6.45) is -5.35. The van der Waals surface area contributed by atoms with Gasteiger partial charge in [0, 0.05) is 6.54 Å². The maximum absolute atomic E-state index is 13.4. The highest BCUT2D eigenvalue weighted by Gasteiger charge is 2.50. The van der Waals surface area contributed by atoms with Crippen molar-refractivity contribution in [3.05, 3.63) is 29.8 Å². The summed E-state index contributed by atoms with van der Waals surface area (Å²) >= 11 is 0. The number of methoxy groups -OCH3 is 1. The number of carbonyl (C=O) groups is 6. The lowest BCUT2D eigenvalue weighted by molar-refractivity contribution is -0.156. The number of benzene rings is 1. The first kappa shape index (κ1) is 37.9. The van der Waals surface area contributed by atoms with Gasteiger partial charge >= 0.3 is 30.3 Å². The molecule has 0 radical (unpaired) electrons. The Morgan fingerprint density at radius 2 is 1.35 bits per heavy atom. The highest BCUT2D eigenvalue weighted by atomic mass is 16.7. The van der Waals surface area contributed by atoms with Crippen molar-refractivity contribution in [1.29, 1.82) is 0 Å². The molecule has 0 spiro atoms. The predicted molar refractivity (Wildman–Crippen MR) is 169 cm³/mol. The molecule has 15 nitrogen and oxygen atoms in total. The quantitative estimate of drug-likeness (QED) is 0.212. The van der Waals surface area contributed by atoms with Gasteiger partial charge in [-0.25, -0.2) is 24.1 Å². The second-order valence-corrected chi connectivity index (χ2v) is 14.5. The number of carbonyl (C=O) groups excluding carboxylic acids is 6. The first-order valence-electron chi connectivity index (χ1n) is 15.6. The zero-order chi connectivity index (χ0) is 36.2. The van der Waals surface area contributed by atoms with Crippen molar-refractivity contribution < 1.29 is 57.2 Å². The van der Waals surface area contributed by atoms with Crippen molar-refractivity contribution in [2.24, 2.45) is 0 Å². The van der Waals surface area contributed by atoms with Crippen LogP contribution in [-0.2, 0) is 39.7 Å². The summed E-state index contributed by atoms with van der Waals surface area (Å²) in [4.78, 5) is 80.2. The summed E-state index contributed by atoms with van der Waals surface area (Å²) in [6.45, 7) is 13.8. The Labute approximate surface area is 280 Å². The van der Waals surface area contributed by atoms with Gasteiger partial charge in [0.15, 0.2) is 12.2 Å². The van der Waals surface area contributed by atoms with Crippen LogP contribution in [0, 0.1) is 0 Å². The average molecular weight is 678 g/mol. The third kappa shape index (κ3) is 10.7. The van der Waals surface area contributed by atoms with Gasteiger partial charge in [-0.15, -0.1) is 0 Å². The molecule has 15 heteroatoms. The fraction of sp³-hybridized carbons (Fsp3) is 0.636. The number of rotatable bonds is 8. The lowest BCUT2D eigenvalue weighted by Gasteiger charge is -2.30. The second kappa shape index (κ2) is 14.7. The van der Waals surface area contributed by atoms with Crippen LogP contribution in [0.4, 0.5) is 19.2 Å². The third-order valence-electron chi connectivity index (χ3n) is 6.87. The van der Waals surface area contributed by atoms with E-state index in [1.807, 2.05) is 0 Å². The Balaban J connectivity index is 1.85. The van der Waals surface area contributed by atoms with Crippen molar-refractivity contribution in [2.45, 2.75) is 110 Å². The van der Waals surface area contributed by atoms with Crippen LogP contribution in [-0.4, -0.2) is 113 Å². The fourth-order valence-corrected chi connectivity index (χ4v) is 4.91. The molecule has 1 aromatic carbocycles. The molecule has 2 aliphatic rings. The van der Waals surface area contributed by atoms with Crippen LogP contribution in [0.15, 0.2) is 24.3 Å². The zero-order valence-electron chi connectivity index (χ0n) is 29.3. The van der Waals surface area contributed by atoms with Crippen LogP contribution >= 0.6 is 0 Å². The van der Waals surface area contributed by atoms with E-state index >= 15 is 0 Å². The molecule has 2 heterocycles. The Morgan fingerprint density at radius 3 is 1.90 bits per heavy atom. The number of amides is 5. The summed E-state index contributed by atoms with van der Waals surface area (Å²) in [7, 11) is 1.53. The first-order chi connectivity index (χ1) is 22.1. The summed E-state index contributed by atoms with van der Waals surface area (Å²) in [6, 6.07) is 5.26. The molecule has 2 fully saturated rings. The Kier molecular flexibility index (Phi) is 11.6. The van der Waals surface area contributed by atoms with E-state index < -0.39 is 84.3 Å². The number of hydrogen-bond donors (Lipinski definition) is 0. The number of imide groups is 2. The van der Waals surface area contributed by atoms with Crippen LogP contribution in [0.1, 0.15) is 74.3 Å². The SMILES string of the molecule is COc1ccc(C[C@@H]2[C@H](OC(=O)CCN3C(=O)CN(C(=O)OC(C)(C)C)C3=O)[C@@H](OC(=O)OC(C)(C)C)CN2C(=O)OC(C)(C)C)cc1. The second-order valence-electron chi connectivity index (χ2n) is 14.5. The molecule has 5 amide bonds. The van der Waals surface area contributed by atoms with Gasteiger partial charge in [0.05, 0.1) is 26.1 Å². The molecule has 0 bridgehead atoms. The molecule has 0 unspecified atom stereocenters. The van der Waals surface area contributed by atoms with E-state index in [2.05, 4.69) is 0 Å². The third-order valence-corrected chi connectivity index (χ3v) is 6.87. The first-order valence-corrected chi connectivity index (χ1v) is 15.6. The van der Waals surface area contributed by atoms with E-state index in [1.54, 1.807) is 86.6 Å². The van der Waals surface area contributed by atoms with Gasteiger partial charge in [0.25, 0.3) is 5.91 Å². The molecule has 266 valence electrons. The number of nitrogens with zero attached hydrogens (tertiary/aromatic N) is 3. The number of hydrogen-bond acceptors (Lipinski definition) is 12. The smallest absolute Gasteiger partial charge is 0.497 e. The number of urea groups is 1. The molecule has 2 aliphatic heterocycles. The van der Waals surface area contributed by atoms with Gasteiger partial charge in [0.2, 0.25) is 0 Å². The van der Waals surface area contributed by atoms with E-state index in [-0.39, 0.29) is 19.5 Å². The minimum absolute atomic E-state index is 0.170. The van der Waals surface area contributed by atoms with Crippen LogP contribution in [0.2, 0.25) is 0 Å². The molecule has 0 aliphatic carbocycles. The molecular weight excluding hydrogens is 630 g/mol. The molecular formula is C33H47N3O12. The van der Waals surface area contributed by atoms with Crippen LogP contribution < -0.4 is 4.74 Å². The molecule has 48 heavy (non-hydrogen) atoms. The van der Waals surface area contributed by atoms with Crippen molar-refractivity contribution in [3.8, 4) is 5.75 Å². The zero-order valence-corrected chi connectivity index (χ0v) is 29.3. The van der Waals surface area contributed by atoms with Crippen LogP contribution in [0.25, 0.3) is 0 Å². The van der Waals surface area contributed by atoms with Crippen molar-refractivity contribution in [1.82, 2.24) is 14.7 Å². The van der Waals surface area contributed by atoms with Crippen molar-refractivity contribution in [3.63, 3.8) is 0 Å². The fourth-order valence-electron chi connectivity index (χ4n) is 4.91. The Bertz CT molecular complexity index is 1370. The van der Waals surface area contributed by atoms with E-state index in [9.17, 15) is 28.8 Å². The van der Waals surface area contributed by atoms with E-state index in [0.717, 1.165) is 10.5 Å². The van der Waals surface area contributed by atoms with Crippen LogP contribution in [0.5, 0.6) is 5.75 Å². The van der Waals surface area contributed by atoms with E-state index in [4.69, 9.17) is 28.4 Å².